The Morgan fingerprint density at radius 1 is 1.36 bits per heavy atom. The summed E-state index contributed by atoms with van der Waals surface area (Å²) in [6.07, 6.45) is 0.862. The number of ether oxygens (including phenoxy) is 1. The smallest absolute Gasteiger partial charge is 0.408 e. The number of alkyl carbamates (subject to hydrolysis) is 1. The van der Waals surface area contributed by atoms with Gasteiger partial charge in [-0.25, -0.2) is 9.78 Å². The van der Waals surface area contributed by atoms with Crippen molar-refractivity contribution in [2.75, 3.05) is 6.54 Å². The average molecular weight is 298 g/mol. The summed E-state index contributed by atoms with van der Waals surface area (Å²) in [7, 11) is 0. The maximum absolute atomic E-state index is 13.3. The summed E-state index contributed by atoms with van der Waals surface area (Å²) in [6.45, 7) is 2.06. The van der Waals surface area contributed by atoms with Gasteiger partial charge in [0.25, 0.3) is 0 Å². The monoisotopic (exact) mass is 298 g/mol. The van der Waals surface area contributed by atoms with Crippen LogP contribution in [0.2, 0.25) is 0 Å². The number of hydrogen-bond acceptors (Lipinski definition) is 3. The zero-order valence-electron chi connectivity index (χ0n) is 12.1. The van der Waals surface area contributed by atoms with E-state index in [0.29, 0.717) is 0 Å². The van der Waals surface area contributed by atoms with Crippen LogP contribution in [0.25, 0.3) is 0 Å². The van der Waals surface area contributed by atoms with Crippen LogP contribution in [-0.4, -0.2) is 17.6 Å². The molecule has 0 saturated carbocycles. The van der Waals surface area contributed by atoms with E-state index < -0.39 is 12.0 Å². The normalized spacial score (nSPS) is 9.55. The summed E-state index contributed by atoms with van der Waals surface area (Å²) in [5.41, 5.74) is 1.93. The molecule has 112 valence electrons. The Morgan fingerprint density at radius 2 is 2.14 bits per heavy atom. The van der Waals surface area contributed by atoms with Crippen molar-refractivity contribution in [2.24, 2.45) is 0 Å². The molecule has 0 bridgehead atoms. The lowest BCUT2D eigenvalue weighted by molar-refractivity contribution is 0.141. The van der Waals surface area contributed by atoms with Gasteiger partial charge in [-0.3, -0.25) is 0 Å². The van der Waals surface area contributed by atoms with E-state index in [1.165, 1.54) is 6.20 Å². The molecule has 2 rings (SSSR count). The number of halogens is 1. The molecule has 1 heterocycles. The van der Waals surface area contributed by atoms with E-state index in [0.717, 1.165) is 11.1 Å². The van der Waals surface area contributed by atoms with Gasteiger partial charge < -0.3 is 10.1 Å². The number of amides is 1. The molecule has 0 unspecified atom stereocenters. The lowest BCUT2D eigenvalue weighted by atomic mass is 10.2. The third-order valence-corrected chi connectivity index (χ3v) is 2.73. The first-order valence-corrected chi connectivity index (χ1v) is 6.71. The van der Waals surface area contributed by atoms with Gasteiger partial charge in [-0.15, -0.1) is 0 Å². The highest BCUT2D eigenvalue weighted by molar-refractivity contribution is 5.67. The van der Waals surface area contributed by atoms with Crippen LogP contribution in [0.3, 0.4) is 0 Å². The van der Waals surface area contributed by atoms with Gasteiger partial charge in [0, 0.05) is 6.20 Å². The highest BCUT2D eigenvalue weighted by Crippen LogP contribution is 2.04. The average Bonchev–Trinajstić information content (AvgIpc) is 2.53. The minimum Gasteiger partial charge on any atom is -0.445 e. The number of nitrogens with one attached hydrogen (secondary N) is 1. The fourth-order valence-corrected chi connectivity index (χ4v) is 1.67. The first-order chi connectivity index (χ1) is 10.6. The number of benzene rings is 1. The first kappa shape index (κ1) is 15.5. The fourth-order valence-electron chi connectivity index (χ4n) is 1.67. The van der Waals surface area contributed by atoms with Crippen molar-refractivity contribution in [3.05, 3.63) is 65.2 Å². The maximum Gasteiger partial charge on any atom is 0.408 e. The molecule has 0 spiro atoms. The zero-order chi connectivity index (χ0) is 15.8. The van der Waals surface area contributed by atoms with Crippen molar-refractivity contribution in [2.45, 2.75) is 13.5 Å². The molecule has 0 aliphatic carbocycles. The van der Waals surface area contributed by atoms with Crippen LogP contribution >= 0.6 is 0 Å². The summed E-state index contributed by atoms with van der Waals surface area (Å²) in [5, 5.41) is 2.48. The SMILES string of the molecule is Cc1cnc(F)c(C#CCNC(=O)OCc2ccccc2)c1. The molecule has 1 N–H and O–H groups in total. The summed E-state index contributed by atoms with van der Waals surface area (Å²) >= 11 is 0. The minimum absolute atomic E-state index is 0.0704. The molecule has 5 heteroatoms. The predicted octanol–water partition coefficient (Wildman–Crippen LogP) is 2.81. The van der Waals surface area contributed by atoms with Crippen LogP contribution < -0.4 is 5.32 Å². The van der Waals surface area contributed by atoms with Crippen LogP contribution in [0, 0.1) is 24.7 Å². The van der Waals surface area contributed by atoms with Crippen LogP contribution in [-0.2, 0) is 11.3 Å². The Labute approximate surface area is 128 Å². The molecular weight excluding hydrogens is 283 g/mol. The quantitative estimate of drug-likeness (QED) is 0.700. The van der Waals surface area contributed by atoms with Crippen molar-refractivity contribution in [1.82, 2.24) is 10.3 Å². The molecule has 1 aromatic carbocycles. The number of hydrogen-bond donors (Lipinski definition) is 1. The standard InChI is InChI=1S/C17H15FN2O2/c1-13-10-15(16(18)20-11-13)8-5-9-19-17(21)22-12-14-6-3-2-4-7-14/h2-4,6-7,10-11H,9,12H2,1H3,(H,19,21). The van der Waals surface area contributed by atoms with E-state index in [2.05, 4.69) is 22.1 Å². The highest BCUT2D eigenvalue weighted by atomic mass is 19.1. The third kappa shape index (κ3) is 4.91. The summed E-state index contributed by atoms with van der Waals surface area (Å²) in [6, 6.07) is 10.9. The predicted molar refractivity (Wildman–Crippen MR) is 80.4 cm³/mol. The number of rotatable bonds is 3. The molecule has 0 atom stereocenters. The van der Waals surface area contributed by atoms with Crippen molar-refractivity contribution in [3.8, 4) is 11.8 Å². The first-order valence-electron chi connectivity index (χ1n) is 6.71. The second kappa shape index (κ2) is 7.79. The van der Waals surface area contributed by atoms with Gasteiger partial charge in [0.2, 0.25) is 5.95 Å². The number of carbonyl (C=O) groups excluding carboxylic acids is 1. The Morgan fingerprint density at radius 3 is 2.91 bits per heavy atom. The van der Waals surface area contributed by atoms with E-state index in [1.54, 1.807) is 13.0 Å². The largest absolute Gasteiger partial charge is 0.445 e. The molecule has 0 saturated heterocycles. The molecule has 0 aliphatic heterocycles. The van der Waals surface area contributed by atoms with Gasteiger partial charge in [-0.2, -0.15) is 4.39 Å². The third-order valence-electron chi connectivity index (χ3n) is 2.73. The number of carbonyl (C=O) groups is 1. The zero-order valence-corrected chi connectivity index (χ0v) is 12.1. The van der Waals surface area contributed by atoms with Crippen LogP contribution in [0.4, 0.5) is 9.18 Å². The van der Waals surface area contributed by atoms with Gasteiger partial charge in [0.05, 0.1) is 12.1 Å². The second-order valence-corrected chi connectivity index (χ2v) is 4.57. The molecule has 0 aliphatic rings. The Bertz CT molecular complexity index is 706. The molecule has 1 amide bonds. The van der Waals surface area contributed by atoms with Crippen LogP contribution in [0.5, 0.6) is 0 Å². The van der Waals surface area contributed by atoms with Gasteiger partial charge >= 0.3 is 6.09 Å². The topological polar surface area (TPSA) is 51.2 Å². The van der Waals surface area contributed by atoms with Gasteiger partial charge in [0.1, 0.15) is 6.61 Å². The Balaban J connectivity index is 1.78. The van der Waals surface area contributed by atoms with Crippen molar-refractivity contribution < 1.29 is 13.9 Å². The lowest BCUT2D eigenvalue weighted by Crippen LogP contribution is -2.24. The van der Waals surface area contributed by atoms with Gasteiger partial charge in [0.15, 0.2) is 0 Å². The van der Waals surface area contributed by atoms with Crippen LogP contribution in [0.1, 0.15) is 16.7 Å². The van der Waals surface area contributed by atoms with E-state index in [9.17, 15) is 9.18 Å². The summed E-state index contributed by atoms with van der Waals surface area (Å²) in [4.78, 5) is 15.0. The second-order valence-electron chi connectivity index (χ2n) is 4.57. The number of nitrogens with zero attached hydrogens (tertiary/aromatic N) is 1. The minimum atomic E-state index is -0.621. The number of aryl methyl sites for hydroxylation is 1. The summed E-state index contributed by atoms with van der Waals surface area (Å²) in [5.74, 6) is 4.66. The van der Waals surface area contributed by atoms with Crippen molar-refractivity contribution >= 4 is 6.09 Å². The number of aromatic nitrogens is 1. The Hall–Kier alpha value is -2.87. The molecule has 0 fully saturated rings. The fraction of sp³-hybridized carbons (Fsp3) is 0.176. The lowest BCUT2D eigenvalue weighted by Gasteiger charge is -2.04. The maximum atomic E-state index is 13.3. The van der Waals surface area contributed by atoms with E-state index >= 15 is 0 Å². The van der Waals surface area contributed by atoms with Gasteiger partial charge in [-0.05, 0) is 24.1 Å². The van der Waals surface area contributed by atoms with Crippen LogP contribution in [0.15, 0.2) is 42.6 Å². The Kier molecular flexibility index (Phi) is 5.50. The molecule has 22 heavy (non-hydrogen) atoms. The van der Waals surface area contributed by atoms with Gasteiger partial charge in [-0.1, -0.05) is 42.2 Å². The number of pyridine rings is 1. The molecule has 4 nitrogen and oxygen atoms in total. The van der Waals surface area contributed by atoms with E-state index in [1.807, 2.05) is 30.3 Å². The van der Waals surface area contributed by atoms with Crippen molar-refractivity contribution in [1.29, 1.82) is 0 Å². The highest BCUT2D eigenvalue weighted by Gasteiger charge is 2.01. The summed E-state index contributed by atoms with van der Waals surface area (Å²) < 4.78 is 18.4. The van der Waals surface area contributed by atoms with E-state index in [4.69, 9.17) is 4.74 Å². The molecule has 0 radical (unpaired) electrons. The molecular formula is C17H15FN2O2. The van der Waals surface area contributed by atoms with Crippen molar-refractivity contribution in [3.63, 3.8) is 0 Å². The van der Waals surface area contributed by atoms with E-state index in [-0.39, 0.29) is 18.7 Å². The molecule has 1 aromatic heterocycles. The molecule has 2 aromatic rings.